The first kappa shape index (κ1) is 13.2. The zero-order valence-corrected chi connectivity index (χ0v) is 12.6. The second-order valence-electron chi connectivity index (χ2n) is 6.14. The van der Waals surface area contributed by atoms with Crippen molar-refractivity contribution in [3.8, 4) is 0 Å². The number of hydrogen-bond acceptors (Lipinski definition) is 3. The summed E-state index contributed by atoms with van der Waals surface area (Å²) < 4.78 is 14.1. The molecule has 2 aromatic rings. The van der Waals surface area contributed by atoms with Crippen LogP contribution in [0.25, 0.3) is 5.65 Å². The van der Waals surface area contributed by atoms with Crippen LogP contribution in [-0.2, 0) is 10.8 Å². The molecule has 2 aromatic heterocycles. The summed E-state index contributed by atoms with van der Waals surface area (Å²) >= 11 is 0. The maximum atomic E-state index is 12.8. The lowest BCUT2D eigenvalue weighted by Gasteiger charge is -2.37. The molecule has 2 aliphatic rings. The Morgan fingerprint density at radius 1 is 1.24 bits per heavy atom. The summed E-state index contributed by atoms with van der Waals surface area (Å²) in [5.41, 5.74) is 1.55. The molecule has 2 atom stereocenters. The van der Waals surface area contributed by atoms with Gasteiger partial charge in [-0.3, -0.25) is 9.00 Å². The molecular formula is C16H18N2O2S. The van der Waals surface area contributed by atoms with Gasteiger partial charge in [-0.25, -0.2) is 4.98 Å². The van der Waals surface area contributed by atoms with E-state index in [1.165, 1.54) is 6.42 Å². The first-order chi connectivity index (χ1) is 10.2. The van der Waals surface area contributed by atoms with E-state index < -0.39 is 10.8 Å². The lowest BCUT2D eigenvalue weighted by Crippen LogP contribution is -2.41. The molecule has 2 aliphatic heterocycles. The molecule has 0 radical (unpaired) electrons. The van der Waals surface area contributed by atoms with E-state index in [2.05, 4.69) is 4.98 Å². The van der Waals surface area contributed by atoms with Crippen LogP contribution in [0, 0.1) is 5.92 Å². The molecule has 4 rings (SSSR count). The van der Waals surface area contributed by atoms with Gasteiger partial charge in [0.1, 0.15) is 5.65 Å². The highest BCUT2D eigenvalue weighted by atomic mass is 32.2. The highest BCUT2D eigenvalue weighted by Crippen LogP contribution is 2.38. The zero-order valence-electron chi connectivity index (χ0n) is 11.8. The second-order valence-corrected chi connectivity index (χ2v) is 8.13. The fourth-order valence-electron chi connectivity index (χ4n) is 3.75. The van der Waals surface area contributed by atoms with Crippen molar-refractivity contribution in [1.82, 2.24) is 9.38 Å². The van der Waals surface area contributed by atoms with Crippen LogP contribution in [0.3, 0.4) is 0 Å². The maximum Gasteiger partial charge on any atom is 0.166 e. The molecule has 21 heavy (non-hydrogen) atoms. The number of carbonyl (C=O) groups excluding carboxylic acids is 1. The zero-order chi connectivity index (χ0) is 14.4. The van der Waals surface area contributed by atoms with Gasteiger partial charge in [0.15, 0.2) is 5.78 Å². The standard InChI is InChI=1S/C16H18N2O2S/c19-16(11-4-6-18-7-5-17-15(18)10-11)12-8-13-2-1-3-14(9-12)21(13)20/h4-7,10,12-14H,1-3,8-9H2. The lowest BCUT2D eigenvalue weighted by molar-refractivity contribution is 0.0895. The van der Waals surface area contributed by atoms with E-state index in [-0.39, 0.29) is 22.2 Å². The summed E-state index contributed by atoms with van der Waals surface area (Å²) in [5, 5.41) is 0.475. The highest BCUT2D eigenvalue weighted by Gasteiger charge is 2.40. The van der Waals surface area contributed by atoms with Gasteiger partial charge in [0.25, 0.3) is 0 Å². The third-order valence-corrected chi connectivity index (χ3v) is 7.03. The third kappa shape index (κ3) is 2.24. The van der Waals surface area contributed by atoms with Crippen LogP contribution >= 0.6 is 0 Å². The van der Waals surface area contributed by atoms with Crippen molar-refractivity contribution in [3.63, 3.8) is 0 Å². The number of carbonyl (C=O) groups is 1. The smallest absolute Gasteiger partial charge is 0.166 e. The van der Waals surface area contributed by atoms with Gasteiger partial charge in [-0.15, -0.1) is 0 Å². The Labute approximate surface area is 126 Å². The minimum absolute atomic E-state index is 0.0374. The van der Waals surface area contributed by atoms with Gasteiger partial charge < -0.3 is 4.40 Å². The van der Waals surface area contributed by atoms with Gasteiger partial charge in [-0.05, 0) is 37.8 Å². The molecule has 0 N–H and O–H groups in total. The minimum Gasteiger partial charge on any atom is -0.307 e. The predicted octanol–water partition coefficient (Wildman–Crippen LogP) is 2.60. The second kappa shape index (κ2) is 5.05. The Balaban J connectivity index is 1.61. The summed E-state index contributed by atoms with van der Waals surface area (Å²) in [7, 11) is -0.714. The number of nitrogens with zero attached hydrogens (tertiary/aromatic N) is 2. The molecule has 2 bridgehead atoms. The van der Waals surface area contributed by atoms with Gasteiger partial charge >= 0.3 is 0 Å². The summed E-state index contributed by atoms with van der Waals surface area (Å²) in [6, 6.07) is 3.74. The predicted molar refractivity (Wildman–Crippen MR) is 81.8 cm³/mol. The molecule has 110 valence electrons. The van der Waals surface area contributed by atoms with Crippen molar-refractivity contribution in [3.05, 3.63) is 36.3 Å². The minimum atomic E-state index is -0.714. The van der Waals surface area contributed by atoms with E-state index in [0.29, 0.717) is 0 Å². The quantitative estimate of drug-likeness (QED) is 0.801. The number of imidazole rings is 1. The van der Waals surface area contributed by atoms with Crippen molar-refractivity contribution >= 4 is 22.2 Å². The fourth-order valence-corrected chi connectivity index (χ4v) is 5.93. The fraction of sp³-hybridized carbons (Fsp3) is 0.500. The number of aromatic nitrogens is 2. The Hall–Kier alpha value is -1.49. The van der Waals surface area contributed by atoms with E-state index in [9.17, 15) is 9.00 Å². The van der Waals surface area contributed by atoms with Crippen LogP contribution < -0.4 is 0 Å². The third-order valence-electron chi connectivity index (χ3n) is 4.86. The Morgan fingerprint density at radius 2 is 2.00 bits per heavy atom. The number of Topliss-reactive ketones (excluding diaryl/α,β-unsaturated/α-hetero) is 1. The Morgan fingerprint density at radius 3 is 2.76 bits per heavy atom. The monoisotopic (exact) mass is 302 g/mol. The molecule has 5 heteroatoms. The van der Waals surface area contributed by atoms with E-state index >= 15 is 0 Å². The van der Waals surface area contributed by atoms with E-state index in [1.54, 1.807) is 6.20 Å². The summed E-state index contributed by atoms with van der Waals surface area (Å²) in [6.07, 6.45) is 10.3. The van der Waals surface area contributed by atoms with Gasteiger partial charge in [0, 0.05) is 51.4 Å². The van der Waals surface area contributed by atoms with Gasteiger partial charge in [0.05, 0.1) is 0 Å². The lowest BCUT2D eigenvalue weighted by atomic mass is 9.84. The molecule has 2 unspecified atom stereocenters. The normalized spacial score (nSPS) is 32.2. The number of fused-ring (bicyclic) bond motifs is 3. The number of hydrogen-bond donors (Lipinski definition) is 0. The average molecular weight is 302 g/mol. The molecule has 0 saturated carbocycles. The number of rotatable bonds is 2. The first-order valence-corrected chi connectivity index (χ1v) is 8.86. The highest BCUT2D eigenvalue weighted by molar-refractivity contribution is 7.86. The van der Waals surface area contributed by atoms with Crippen LogP contribution in [-0.4, -0.2) is 29.9 Å². The van der Waals surface area contributed by atoms with E-state index in [4.69, 9.17) is 0 Å². The van der Waals surface area contributed by atoms with Gasteiger partial charge in [-0.1, -0.05) is 6.42 Å². The number of pyridine rings is 1. The van der Waals surface area contributed by atoms with Crippen LogP contribution in [0.4, 0.5) is 0 Å². The maximum absolute atomic E-state index is 12.8. The molecule has 0 aromatic carbocycles. The summed E-state index contributed by atoms with van der Waals surface area (Å²) in [4.78, 5) is 17.0. The van der Waals surface area contributed by atoms with Crippen LogP contribution in [0.5, 0.6) is 0 Å². The molecule has 4 heterocycles. The van der Waals surface area contributed by atoms with Gasteiger partial charge in [0.2, 0.25) is 0 Å². The summed E-state index contributed by atoms with van der Waals surface area (Å²) in [5.74, 6) is 0.240. The van der Waals surface area contributed by atoms with Crippen molar-refractivity contribution in [1.29, 1.82) is 0 Å². The average Bonchev–Trinajstić information content (AvgIpc) is 2.93. The molecule has 2 saturated heterocycles. The van der Waals surface area contributed by atoms with Crippen molar-refractivity contribution in [2.24, 2.45) is 5.92 Å². The van der Waals surface area contributed by atoms with Crippen LogP contribution in [0.15, 0.2) is 30.7 Å². The molecule has 0 aliphatic carbocycles. The van der Waals surface area contributed by atoms with Gasteiger partial charge in [-0.2, -0.15) is 0 Å². The first-order valence-electron chi connectivity index (χ1n) is 7.58. The molecular weight excluding hydrogens is 284 g/mol. The largest absolute Gasteiger partial charge is 0.307 e. The molecule has 4 nitrogen and oxygen atoms in total. The molecule has 0 amide bonds. The summed E-state index contributed by atoms with van der Waals surface area (Å²) in [6.45, 7) is 0. The SMILES string of the molecule is O=C(c1ccn2ccnc2c1)C1CC2CCCC(C1)S2=O. The van der Waals surface area contributed by atoms with Crippen molar-refractivity contribution in [2.45, 2.75) is 42.6 Å². The van der Waals surface area contributed by atoms with Crippen LogP contribution in [0.2, 0.25) is 0 Å². The molecule has 0 spiro atoms. The van der Waals surface area contributed by atoms with E-state index in [1.807, 2.05) is 28.9 Å². The van der Waals surface area contributed by atoms with Crippen LogP contribution in [0.1, 0.15) is 42.5 Å². The molecule has 2 fully saturated rings. The number of ketones is 1. The van der Waals surface area contributed by atoms with Crippen molar-refractivity contribution in [2.75, 3.05) is 0 Å². The topological polar surface area (TPSA) is 51.4 Å². The Kier molecular flexibility index (Phi) is 3.17. The van der Waals surface area contributed by atoms with Crippen molar-refractivity contribution < 1.29 is 9.00 Å². The van der Waals surface area contributed by atoms with E-state index in [0.717, 1.165) is 36.9 Å². The Bertz CT molecular complexity index is 708.